The third-order valence-corrected chi connectivity index (χ3v) is 4.91. The number of ether oxygens (including phenoxy) is 3. The summed E-state index contributed by atoms with van der Waals surface area (Å²) in [5, 5.41) is 0. The van der Waals surface area contributed by atoms with Crippen molar-refractivity contribution in [2.24, 2.45) is 11.8 Å². The van der Waals surface area contributed by atoms with Gasteiger partial charge in [-0.05, 0) is 43.7 Å². The molecule has 1 aliphatic heterocycles. The molecule has 1 aromatic rings. The van der Waals surface area contributed by atoms with Gasteiger partial charge in [0.15, 0.2) is 11.5 Å². The molecule has 140 valence electrons. The van der Waals surface area contributed by atoms with E-state index < -0.39 is 18.3 Å². The van der Waals surface area contributed by atoms with Crippen molar-refractivity contribution in [1.29, 1.82) is 0 Å². The average Bonchev–Trinajstić information content (AvgIpc) is 2.86. The highest BCUT2D eigenvalue weighted by Gasteiger charge is 2.46. The molecule has 25 heavy (non-hydrogen) atoms. The molecule has 3 rings (SSSR count). The van der Waals surface area contributed by atoms with Crippen LogP contribution in [0.25, 0.3) is 0 Å². The second kappa shape index (κ2) is 6.92. The molecule has 7 heteroatoms. The summed E-state index contributed by atoms with van der Waals surface area (Å²) in [7, 11) is 0. The van der Waals surface area contributed by atoms with Gasteiger partial charge in [-0.2, -0.15) is 8.78 Å². The molecule has 0 spiro atoms. The Morgan fingerprint density at radius 1 is 1.12 bits per heavy atom. The number of benzene rings is 1. The van der Waals surface area contributed by atoms with E-state index in [-0.39, 0.29) is 17.2 Å². The van der Waals surface area contributed by atoms with Crippen molar-refractivity contribution in [2.45, 2.75) is 64.3 Å². The van der Waals surface area contributed by atoms with Gasteiger partial charge in [0, 0.05) is 6.07 Å². The molecule has 1 heterocycles. The van der Waals surface area contributed by atoms with Crippen LogP contribution < -0.4 is 14.2 Å². The highest BCUT2D eigenvalue weighted by Crippen LogP contribution is 2.45. The Hall–Kier alpha value is -1.66. The van der Waals surface area contributed by atoms with Crippen molar-refractivity contribution in [3.8, 4) is 17.2 Å². The molecule has 0 aromatic heterocycles. The van der Waals surface area contributed by atoms with Gasteiger partial charge in [0.25, 0.3) is 0 Å². The van der Waals surface area contributed by atoms with Crippen molar-refractivity contribution in [2.75, 3.05) is 0 Å². The Morgan fingerprint density at radius 2 is 1.80 bits per heavy atom. The minimum Gasteiger partial charge on any atom is -0.432 e. The number of rotatable bonds is 6. The molecular formula is C18H22F4O3. The first-order valence-electron chi connectivity index (χ1n) is 8.76. The van der Waals surface area contributed by atoms with Crippen LogP contribution in [0.5, 0.6) is 17.2 Å². The maximum Gasteiger partial charge on any atom is 0.586 e. The fraction of sp³-hybridized carbons (Fsp3) is 0.667. The van der Waals surface area contributed by atoms with Crippen LogP contribution in [0.1, 0.15) is 51.9 Å². The zero-order chi connectivity index (χ0) is 18.1. The van der Waals surface area contributed by atoms with Crippen molar-refractivity contribution in [1.82, 2.24) is 0 Å². The fourth-order valence-electron chi connectivity index (χ4n) is 3.51. The first kappa shape index (κ1) is 18.1. The van der Waals surface area contributed by atoms with E-state index in [2.05, 4.69) is 16.4 Å². The highest BCUT2D eigenvalue weighted by atomic mass is 19.3. The average molecular weight is 362 g/mol. The quantitative estimate of drug-likeness (QED) is 0.583. The van der Waals surface area contributed by atoms with Crippen molar-refractivity contribution in [3.63, 3.8) is 0 Å². The van der Waals surface area contributed by atoms with Gasteiger partial charge in [-0.25, -0.2) is 0 Å². The van der Waals surface area contributed by atoms with Crippen LogP contribution in [0.3, 0.4) is 0 Å². The van der Waals surface area contributed by atoms with E-state index in [1.807, 2.05) is 0 Å². The van der Waals surface area contributed by atoms with E-state index in [1.165, 1.54) is 6.07 Å². The smallest absolute Gasteiger partial charge is 0.432 e. The van der Waals surface area contributed by atoms with Crippen LogP contribution in [0.15, 0.2) is 18.2 Å². The monoisotopic (exact) mass is 362 g/mol. The summed E-state index contributed by atoms with van der Waals surface area (Å²) in [6.45, 7) is 2.12. The molecule has 0 bridgehead atoms. The molecule has 0 saturated heterocycles. The van der Waals surface area contributed by atoms with Crippen LogP contribution in [-0.4, -0.2) is 12.4 Å². The van der Waals surface area contributed by atoms with E-state index >= 15 is 0 Å². The number of hydrogen-bond donors (Lipinski definition) is 0. The summed E-state index contributed by atoms with van der Waals surface area (Å²) in [6.07, 6.45) is -1.42. The van der Waals surface area contributed by atoms with Gasteiger partial charge in [0.2, 0.25) is 0 Å². The van der Waals surface area contributed by atoms with Crippen LogP contribution in [0.2, 0.25) is 0 Å². The number of halogens is 4. The van der Waals surface area contributed by atoms with Gasteiger partial charge in [0.1, 0.15) is 5.75 Å². The Balaban J connectivity index is 1.59. The lowest BCUT2D eigenvalue weighted by atomic mass is 9.79. The molecule has 1 saturated carbocycles. The normalized spacial score (nSPS) is 25.0. The molecule has 0 N–H and O–H groups in total. The zero-order valence-corrected chi connectivity index (χ0v) is 14.1. The predicted octanol–water partition coefficient (Wildman–Crippen LogP) is 5.98. The Kier molecular flexibility index (Phi) is 5.02. The number of fused-ring (bicyclic) bond motifs is 1. The van der Waals surface area contributed by atoms with E-state index in [4.69, 9.17) is 4.74 Å². The van der Waals surface area contributed by atoms with Crippen molar-refractivity contribution >= 4 is 0 Å². The third-order valence-electron chi connectivity index (χ3n) is 4.91. The van der Waals surface area contributed by atoms with Crippen molar-refractivity contribution in [3.05, 3.63) is 18.2 Å². The lowest BCUT2D eigenvalue weighted by molar-refractivity contribution is -0.286. The van der Waals surface area contributed by atoms with Gasteiger partial charge in [0.05, 0.1) is 5.92 Å². The summed E-state index contributed by atoms with van der Waals surface area (Å²) >= 11 is 0. The number of alkyl halides is 4. The lowest BCUT2D eigenvalue weighted by Gasteiger charge is -2.33. The highest BCUT2D eigenvalue weighted by molar-refractivity contribution is 5.47. The molecule has 0 unspecified atom stereocenters. The Bertz CT molecular complexity index is 598. The second-order valence-electron chi connectivity index (χ2n) is 6.80. The largest absolute Gasteiger partial charge is 0.586 e. The van der Waals surface area contributed by atoms with Crippen LogP contribution in [0, 0.1) is 11.8 Å². The summed E-state index contributed by atoms with van der Waals surface area (Å²) in [6, 6.07) is 3.34. The molecule has 0 amide bonds. The standard InChI is InChI=1S/C18H22F4O3/c1-2-3-4-12-5-7-13(8-6-12)17(19,20)23-14-9-10-15-16(11-14)25-18(21,22)24-15/h9-13H,2-8H2,1H3. The lowest BCUT2D eigenvalue weighted by Crippen LogP contribution is -2.37. The Morgan fingerprint density at radius 3 is 2.48 bits per heavy atom. The molecule has 0 radical (unpaired) electrons. The molecule has 0 atom stereocenters. The molecule has 2 aliphatic rings. The van der Waals surface area contributed by atoms with Gasteiger partial charge >= 0.3 is 12.4 Å². The molecule has 1 aromatic carbocycles. The van der Waals surface area contributed by atoms with Gasteiger partial charge in [-0.1, -0.05) is 26.2 Å². The predicted molar refractivity (Wildman–Crippen MR) is 83.2 cm³/mol. The Labute approximate surface area is 144 Å². The first-order valence-corrected chi connectivity index (χ1v) is 8.76. The van der Waals surface area contributed by atoms with E-state index in [1.54, 1.807) is 0 Å². The van der Waals surface area contributed by atoms with Gasteiger partial charge < -0.3 is 14.2 Å². The summed E-state index contributed by atoms with van der Waals surface area (Å²) in [5.41, 5.74) is 0. The topological polar surface area (TPSA) is 27.7 Å². The summed E-state index contributed by atoms with van der Waals surface area (Å²) in [5.74, 6) is -1.06. The maximum atomic E-state index is 14.4. The fourth-order valence-corrected chi connectivity index (χ4v) is 3.51. The van der Waals surface area contributed by atoms with Crippen LogP contribution in [0.4, 0.5) is 17.6 Å². The second-order valence-corrected chi connectivity index (χ2v) is 6.80. The van der Waals surface area contributed by atoms with E-state index in [0.29, 0.717) is 18.8 Å². The first-order chi connectivity index (χ1) is 11.8. The van der Waals surface area contributed by atoms with Crippen LogP contribution >= 0.6 is 0 Å². The van der Waals surface area contributed by atoms with E-state index in [0.717, 1.165) is 44.2 Å². The minimum atomic E-state index is -3.78. The SMILES string of the molecule is CCCCC1CCC(C(F)(F)Oc2ccc3c(c2)OC(F)(F)O3)CC1. The number of unbranched alkanes of at least 4 members (excludes halogenated alkanes) is 1. The molecule has 1 aliphatic carbocycles. The summed E-state index contributed by atoms with van der Waals surface area (Å²) in [4.78, 5) is 0. The number of hydrogen-bond acceptors (Lipinski definition) is 3. The minimum absolute atomic E-state index is 0.197. The zero-order valence-electron chi connectivity index (χ0n) is 14.1. The molecule has 3 nitrogen and oxygen atoms in total. The van der Waals surface area contributed by atoms with Crippen LogP contribution in [-0.2, 0) is 0 Å². The maximum absolute atomic E-state index is 14.4. The third kappa shape index (κ3) is 4.30. The molecule has 1 fully saturated rings. The van der Waals surface area contributed by atoms with E-state index in [9.17, 15) is 17.6 Å². The molecular weight excluding hydrogens is 340 g/mol. The van der Waals surface area contributed by atoms with Gasteiger partial charge in [-0.3, -0.25) is 0 Å². The van der Waals surface area contributed by atoms with Crippen molar-refractivity contribution < 1.29 is 31.8 Å². The summed E-state index contributed by atoms with van der Waals surface area (Å²) < 4.78 is 68.2. The van der Waals surface area contributed by atoms with Gasteiger partial charge in [-0.15, -0.1) is 8.78 Å².